The SMILES string of the molecule is CCOC(=O)C1=C(C)N=c2s/c(=C/c3cc(Br)ccc3O)c(=O)n2[C@@H]1c1ccc(OCC(=O)OC)c(OCC)c1. The molecule has 0 amide bonds. The van der Waals surface area contributed by atoms with E-state index in [2.05, 4.69) is 25.7 Å². The number of carbonyl (C=O) groups is 2. The van der Waals surface area contributed by atoms with Crippen molar-refractivity contribution < 1.29 is 33.6 Å². The highest BCUT2D eigenvalue weighted by Crippen LogP contribution is 2.36. The summed E-state index contributed by atoms with van der Waals surface area (Å²) < 4.78 is 23.8. The fourth-order valence-electron chi connectivity index (χ4n) is 4.17. The highest BCUT2D eigenvalue weighted by Gasteiger charge is 2.34. The van der Waals surface area contributed by atoms with Gasteiger partial charge in [-0.3, -0.25) is 9.36 Å². The van der Waals surface area contributed by atoms with Gasteiger partial charge in [0.2, 0.25) is 0 Å². The summed E-state index contributed by atoms with van der Waals surface area (Å²) in [4.78, 5) is 43.6. The Morgan fingerprint density at radius 1 is 1.12 bits per heavy atom. The third-order valence-electron chi connectivity index (χ3n) is 5.95. The highest BCUT2D eigenvalue weighted by atomic mass is 79.9. The van der Waals surface area contributed by atoms with Gasteiger partial charge in [-0.15, -0.1) is 0 Å². The second-order valence-corrected chi connectivity index (χ2v) is 10.4. The topological polar surface area (TPSA) is 126 Å². The van der Waals surface area contributed by atoms with E-state index in [1.54, 1.807) is 57.2 Å². The fourth-order valence-corrected chi connectivity index (χ4v) is 5.58. The standard InChI is InChI=1S/C28H27BrN2O8S/c1-5-37-21-12-16(7-10-20(21)39-14-23(33)36-4)25-24(27(35)38-6-2)15(3)30-28-31(25)26(34)22(40-28)13-17-11-18(29)8-9-19(17)32/h7-13,25,32H,5-6,14H2,1-4H3/b22-13+/t25-/m1/s1. The molecule has 40 heavy (non-hydrogen) atoms. The predicted molar refractivity (Wildman–Crippen MR) is 151 cm³/mol. The van der Waals surface area contributed by atoms with Crippen molar-refractivity contribution in [3.05, 3.63) is 83.0 Å². The summed E-state index contributed by atoms with van der Waals surface area (Å²) in [6.45, 7) is 5.30. The van der Waals surface area contributed by atoms with Crippen LogP contribution in [0.1, 0.15) is 37.9 Å². The quantitative estimate of drug-likeness (QED) is 0.357. The zero-order valence-electron chi connectivity index (χ0n) is 22.2. The number of ether oxygens (including phenoxy) is 4. The van der Waals surface area contributed by atoms with Crippen LogP contribution in [-0.4, -0.2) is 48.5 Å². The van der Waals surface area contributed by atoms with Gasteiger partial charge in [0.15, 0.2) is 22.9 Å². The molecule has 2 aromatic carbocycles. The molecule has 0 spiro atoms. The molecule has 210 valence electrons. The summed E-state index contributed by atoms with van der Waals surface area (Å²) in [5.74, 6) is -0.525. The minimum absolute atomic E-state index is 0.0119. The molecular weight excluding hydrogens is 604 g/mol. The maximum Gasteiger partial charge on any atom is 0.343 e. The molecule has 1 aliphatic rings. The van der Waals surface area contributed by atoms with E-state index in [1.807, 2.05) is 0 Å². The van der Waals surface area contributed by atoms with Gasteiger partial charge in [-0.1, -0.05) is 33.3 Å². The van der Waals surface area contributed by atoms with Gasteiger partial charge in [0.05, 0.1) is 42.2 Å². The number of allylic oxidation sites excluding steroid dienone is 1. The van der Waals surface area contributed by atoms with E-state index < -0.39 is 23.5 Å². The van der Waals surface area contributed by atoms with Crippen molar-refractivity contribution >= 4 is 45.3 Å². The monoisotopic (exact) mass is 630 g/mol. The van der Waals surface area contributed by atoms with Crippen molar-refractivity contribution in [2.75, 3.05) is 26.9 Å². The molecule has 2 heterocycles. The van der Waals surface area contributed by atoms with Gasteiger partial charge in [0.1, 0.15) is 5.75 Å². The lowest BCUT2D eigenvalue weighted by Gasteiger charge is -2.25. The summed E-state index contributed by atoms with van der Waals surface area (Å²) in [5.41, 5.74) is 1.21. The number of fused-ring (bicyclic) bond motifs is 1. The normalized spacial score (nSPS) is 14.8. The van der Waals surface area contributed by atoms with Crippen LogP contribution in [0.3, 0.4) is 0 Å². The average molecular weight is 632 g/mol. The Hall–Kier alpha value is -3.90. The number of carbonyl (C=O) groups excluding carboxylic acids is 2. The summed E-state index contributed by atoms with van der Waals surface area (Å²) in [6, 6.07) is 8.99. The third kappa shape index (κ3) is 5.97. The molecule has 1 N–H and O–H groups in total. The molecule has 0 bridgehead atoms. The molecule has 1 aliphatic heterocycles. The maximum atomic E-state index is 13.8. The Morgan fingerprint density at radius 3 is 2.60 bits per heavy atom. The number of aromatic hydroxyl groups is 1. The largest absolute Gasteiger partial charge is 0.507 e. The maximum absolute atomic E-state index is 13.8. The Bertz CT molecular complexity index is 1670. The van der Waals surface area contributed by atoms with Gasteiger partial charge in [-0.05, 0) is 62.7 Å². The van der Waals surface area contributed by atoms with Gasteiger partial charge in [0.25, 0.3) is 5.56 Å². The minimum atomic E-state index is -0.887. The van der Waals surface area contributed by atoms with Crippen molar-refractivity contribution in [2.24, 2.45) is 4.99 Å². The molecule has 0 saturated heterocycles. The summed E-state index contributed by atoms with van der Waals surface area (Å²) in [6.07, 6.45) is 1.58. The number of methoxy groups -OCH3 is 1. The van der Waals surface area contributed by atoms with Crippen molar-refractivity contribution in [1.82, 2.24) is 4.57 Å². The number of phenols is 1. The van der Waals surface area contributed by atoms with Crippen LogP contribution in [0.2, 0.25) is 0 Å². The zero-order valence-corrected chi connectivity index (χ0v) is 24.6. The van der Waals surface area contributed by atoms with Crippen LogP contribution in [-0.2, 0) is 19.1 Å². The average Bonchev–Trinajstić information content (AvgIpc) is 3.23. The number of esters is 2. The van der Waals surface area contributed by atoms with Crippen LogP contribution >= 0.6 is 27.3 Å². The zero-order chi connectivity index (χ0) is 29.0. The second kappa shape index (κ2) is 12.5. The Kier molecular flexibility index (Phi) is 9.10. The van der Waals surface area contributed by atoms with E-state index >= 15 is 0 Å². The first-order valence-electron chi connectivity index (χ1n) is 12.3. The van der Waals surface area contributed by atoms with E-state index in [0.29, 0.717) is 44.3 Å². The lowest BCUT2D eigenvalue weighted by atomic mass is 9.95. The van der Waals surface area contributed by atoms with Crippen LogP contribution in [0.25, 0.3) is 6.08 Å². The number of phenolic OH excluding ortho intramolecular Hbond substituents is 1. The van der Waals surface area contributed by atoms with Crippen molar-refractivity contribution in [2.45, 2.75) is 26.8 Å². The van der Waals surface area contributed by atoms with Crippen LogP contribution < -0.4 is 24.4 Å². The van der Waals surface area contributed by atoms with E-state index in [9.17, 15) is 19.5 Å². The second-order valence-electron chi connectivity index (χ2n) is 8.51. The third-order valence-corrected chi connectivity index (χ3v) is 7.43. The van der Waals surface area contributed by atoms with Crippen LogP contribution in [0.15, 0.2) is 61.9 Å². The molecule has 0 fully saturated rings. The highest BCUT2D eigenvalue weighted by molar-refractivity contribution is 9.10. The Labute approximate surface area is 241 Å². The van der Waals surface area contributed by atoms with Crippen LogP contribution in [0, 0.1) is 0 Å². The lowest BCUT2D eigenvalue weighted by molar-refractivity contribution is -0.143. The summed E-state index contributed by atoms with van der Waals surface area (Å²) in [5, 5.41) is 10.3. The van der Waals surface area contributed by atoms with Gasteiger partial charge in [-0.25, -0.2) is 14.6 Å². The summed E-state index contributed by atoms with van der Waals surface area (Å²) in [7, 11) is 1.26. The number of benzene rings is 2. The number of rotatable bonds is 9. The number of thiazole rings is 1. The van der Waals surface area contributed by atoms with Gasteiger partial charge < -0.3 is 24.1 Å². The van der Waals surface area contributed by atoms with E-state index in [4.69, 9.17) is 14.2 Å². The first-order chi connectivity index (χ1) is 19.2. The first-order valence-corrected chi connectivity index (χ1v) is 13.9. The molecule has 12 heteroatoms. The van der Waals surface area contributed by atoms with Crippen molar-refractivity contribution in [3.8, 4) is 17.2 Å². The Balaban J connectivity index is 1.92. The lowest BCUT2D eigenvalue weighted by Crippen LogP contribution is -2.40. The summed E-state index contributed by atoms with van der Waals surface area (Å²) >= 11 is 4.52. The molecule has 4 rings (SSSR count). The molecule has 0 saturated carbocycles. The minimum Gasteiger partial charge on any atom is -0.507 e. The molecule has 3 aromatic rings. The Morgan fingerprint density at radius 2 is 1.90 bits per heavy atom. The number of halogens is 1. The molecule has 0 aliphatic carbocycles. The van der Waals surface area contributed by atoms with E-state index in [0.717, 1.165) is 15.8 Å². The molecule has 1 atom stereocenters. The van der Waals surface area contributed by atoms with E-state index in [-0.39, 0.29) is 24.5 Å². The number of nitrogens with zero attached hydrogens (tertiary/aromatic N) is 2. The first kappa shape index (κ1) is 29.1. The molecule has 10 nitrogen and oxygen atoms in total. The predicted octanol–water partition coefficient (Wildman–Crippen LogP) is 3.22. The van der Waals surface area contributed by atoms with Crippen LogP contribution in [0.4, 0.5) is 0 Å². The number of aromatic nitrogens is 1. The van der Waals surface area contributed by atoms with Gasteiger partial charge in [0, 0.05) is 10.0 Å². The van der Waals surface area contributed by atoms with Crippen molar-refractivity contribution in [3.63, 3.8) is 0 Å². The number of hydrogen-bond donors (Lipinski definition) is 1. The van der Waals surface area contributed by atoms with E-state index in [1.165, 1.54) is 17.7 Å². The molecule has 0 unspecified atom stereocenters. The molecular formula is C28H27BrN2O8S. The fraction of sp³-hybridized carbons (Fsp3) is 0.286. The smallest absolute Gasteiger partial charge is 0.343 e. The van der Waals surface area contributed by atoms with Gasteiger partial charge >= 0.3 is 11.9 Å². The number of hydrogen-bond acceptors (Lipinski definition) is 10. The van der Waals surface area contributed by atoms with Crippen molar-refractivity contribution in [1.29, 1.82) is 0 Å². The van der Waals surface area contributed by atoms with Gasteiger partial charge in [-0.2, -0.15) is 0 Å². The molecule has 0 radical (unpaired) electrons. The molecule has 1 aromatic heterocycles. The van der Waals surface area contributed by atoms with Crippen LogP contribution in [0.5, 0.6) is 17.2 Å².